The van der Waals surface area contributed by atoms with Crippen molar-refractivity contribution in [2.24, 2.45) is 0 Å². The number of imidazole rings is 1. The number of anilines is 1. The van der Waals surface area contributed by atoms with Crippen molar-refractivity contribution < 1.29 is 4.39 Å². The number of piperidine rings is 1. The highest BCUT2D eigenvalue weighted by Gasteiger charge is 2.20. The normalized spacial score (nSPS) is 14.4. The third kappa shape index (κ3) is 5.00. The average molecular weight is 520 g/mol. The zero-order valence-corrected chi connectivity index (χ0v) is 21.1. The van der Waals surface area contributed by atoms with Gasteiger partial charge in [0.25, 0.3) is 0 Å². The highest BCUT2D eigenvalue weighted by molar-refractivity contribution is 5.85. The van der Waals surface area contributed by atoms with E-state index in [1.54, 1.807) is 18.5 Å². The van der Waals surface area contributed by atoms with Gasteiger partial charge in [-0.25, -0.2) is 19.3 Å². The summed E-state index contributed by atoms with van der Waals surface area (Å²) in [6.07, 6.45) is 8.51. The number of hydrogen-bond acceptors (Lipinski definition) is 8. The molecule has 10 heteroatoms. The molecule has 0 unspecified atom stereocenters. The number of aromatic nitrogens is 5. The van der Waals surface area contributed by atoms with Crippen LogP contribution in [0, 0.1) is 17.3 Å². The van der Waals surface area contributed by atoms with Crippen molar-refractivity contribution in [3.63, 3.8) is 0 Å². The quantitative estimate of drug-likeness (QED) is 0.252. The maximum atomic E-state index is 13.5. The molecule has 1 aliphatic rings. The minimum Gasteiger partial charge on any atom is -0.383 e. The van der Waals surface area contributed by atoms with Crippen LogP contribution in [0.5, 0.6) is 0 Å². The number of nitrogen functional groups attached to an aromatic ring is 1. The van der Waals surface area contributed by atoms with Crippen LogP contribution in [0.2, 0.25) is 0 Å². The summed E-state index contributed by atoms with van der Waals surface area (Å²) in [6.45, 7) is 2.74. The number of benzene rings is 1. The molecular weight excluding hydrogens is 493 g/mol. The van der Waals surface area contributed by atoms with Crippen LogP contribution in [0.4, 0.5) is 10.2 Å². The first-order valence-corrected chi connectivity index (χ1v) is 12.8. The number of rotatable bonds is 6. The van der Waals surface area contributed by atoms with Gasteiger partial charge >= 0.3 is 0 Å². The minimum absolute atomic E-state index is 0.269. The summed E-state index contributed by atoms with van der Waals surface area (Å²) in [7, 11) is 0. The predicted octanol–water partition coefficient (Wildman–Crippen LogP) is 4.30. The smallest absolute Gasteiger partial charge is 0.178 e. The molecule has 0 saturated carbocycles. The highest BCUT2D eigenvalue weighted by Crippen LogP contribution is 2.32. The molecule has 0 atom stereocenters. The molecule has 5 aromatic rings. The zero-order valence-electron chi connectivity index (χ0n) is 21.1. The van der Waals surface area contributed by atoms with Crippen LogP contribution in [-0.2, 0) is 6.54 Å². The summed E-state index contributed by atoms with van der Waals surface area (Å²) in [4.78, 5) is 20.3. The molecule has 0 radical (unpaired) electrons. The van der Waals surface area contributed by atoms with E-state index in [9.17, 15) is 4.39 Å². The summed E-state index contributed by atoms with van der Waals surface area (Å²) in [5, 5.41) is 11.7. The number of pyridine rings is 3. The molecule has 1 aromatic carbocycles. The lowest BCUT2D eigenvalue weighted by molar-refractivity contribution is 0.197. The molecular formula is C29H26FN9. The van der Waals surface area contributed by atoms with E-state index in [1.165, 1.54) is 17.8 Å². The maximum Gasteiger partial charge on any atom is 0.178 e. The van der Waals surface area contributed by atoms with Gasteiger partial charge in [0.05, 0.1) is 23.0 Å². The van der Waals surface area contributed by atoms with E-state index in [0.717, 1.165) is 49.2 Å². The summed E-state index contributed by atoms with van der Waals surface area (Å²) >= 11 is 0. The largest absolute Gasteiger partial charge is 0.383 e. The molecule has 5 heterocycles. The second-order valence-corrected chi connectivity index (χ2v) is 9.61. The van der Waals surface area contributed by atoms with Crippen molar-refractivity contribution in [1.82, 2.24) is 34.7 Å². The molecule has 39 heavy (non-hydrogen) atoms. The van der Waals surface area contributed by atoms with E-state index in [-0.39, 0.29) is 6.04 Å². The SMILES string of the molecule is N#CNC1CCN(Cc2ccc(-n3c(-c4cccnc4N)nc4ncc(-c5ccc(F)cn5)cc43)cc2)CC1. The summed E-state index contributed by atoms with van der Waals surface area (Å²) in [5.41, 5.74) is 11.8. The third-order valence-electron chi connectivity index (χ3n) is 7.07. The second-order valence-electron chi connectivity index (χ2n) is 9.61. The molecule has 0 spiro atoms. The van der Waals surface area contributed by atoms with Crippen LogP contribution >= 0.6 is 0 Å². The van der Waals surface area contributed by atoms with Crippen LogP contribution in [-0.4, -0.2) is 48.5 Å². The number of halogens is 1. The Morgan fingerprint density at radius 2 is 1.85 bits per heavy atom. The number of hydrogen-bond donors (Lipinski definition) is 2. The molecule has 1 aliphatic heterocycles. The second kappa shape index (κ2) is 10.5. The van der Waals surface area contributed by atoms with Gasteiger partial charge in [0.1, 0.15) is 11.6 Å². The van der Waals surface area contributed by atoms with Gasteiger partial charge in [-0.05, 0) is 60.9 Å². The minimum atomic E-state index is -0.393. The Bertz CT molecular complexity index is 1650. The van der Waals surface area contributed by atoms with Gasteiger partial charge in [-0.2, -0.15) is 5.26 Å². The molecule has 1 fully saturated rings. The first kappa shape index (κ1) is 24.5. The average Bonchev–Trinajstić information content (AvgIpc) is 3.34. The monoisotopic (exact) mass is 519 g/mol. The van der Waals surface area contributed by atoms with Crippen LogP contribution in [0.15, 0.2) is 73.2 Å². The summed E-state index contributed by atoms with van der Waals surface area (Å²) in [6, 6.07) is 17.3. The molecule has 6 rings (SSSR count). The van der Waals surface area contributed by atoms with E-state index >= 15 is 0 Å². The number of likely N-dealkylation sites (tertiary alicyclic amines) is 1. The van der Waals surface area contributed by atoms with E-state index < -0.39 is 5.82 Å². The van der Waals surface area contributed by atoms with E-state index in [2.05, 4.69) is 55.6 Å². The molecule has 0 amide bonds. The standard InChI is InChI=1S/C29H26FN9/c30-21-5-8-25(34-16-21)20-14-26-28(35-15-20)37-29(24-2-1-11-33-27(24)32)39(26)23-6-3-19(4-7-23)17-38-12-9-22(10-13-38)36-18-31/h1-8,11,14-16,22,36H,9-10,12-13,17H2,(H2,32,33). The van der Waals surface area contributed by atoms with Crippen molar-refractivity contribution in [1.29, 1.82) is 5.26 Å². The zero-order chi connectivity index (χ0) is 26.8. The van der Waals surface area contributed by atoms with Gasteiger partial charge in [-0.1, -0.05) is 12.1 Å². The Morgan fingerprint density at radius 3 is 2.56 bits per heavy atom. The number of nitrogens with one attached hydrogen (secondary N) is 1. The first-order chi connectivity index (χ1) is 19.1. The van der Waals surface area contributed by atoms with Crippen molar-refractivity contribution in [3.05, 3.63) is 84.6 Å². The first-order valence-electron chi connectivity index (χ1n) is 12.8. The number of nitrogens with two attached hydrogens (primary N) is 1. The topological polar surface area (TPSA) is 122 Å². The van der Waals surface area contributed by atoms with Crippen molar-refractivity contribution in [3.8, 4) is 34.5 Å². The molecule has 0 bridgehead atoms. The van der Waals surface area contributed by atoms with Crippen molar-refractivity contribution in [2.75, 3.05) is 18.8 Å². The fourth-order valence-electron chi connectivity index (χ4n) is 5.03. The van der Waals surface area contributed by atoms with Gasteiger partial charge in [-0.3, -0.25) is 14.5 Å². The Morgan fingerprint density at radius 1 is 1.03 bits per heavy atom. The van der Waals surface area contributed by atoms with Gasteiger partial charge < -0.3 is 11.1 Å². The van der Waals surface area contributed by atoms with Crippen LogP contribution in [0.3, 0.4) is 0 Å². The molecule has 1 saturated heterocycles. The summed E-state index contributed by atoms with van der Waals surface area (Å²) in [5.74, 6) is 0.614. The third-order valence-corrected chi connectivity index (χ3v) is 7.07. The predicted molar refractivity (Wildman–Crippen MR) is 147 cm³/mol. The Kier molecular flexibility index (Phi) is 6.57. The van der Waals surface area contributed by atoms with E-state index in [4.69, 9.17) is 16.0 Å². The van der Waals surface area contributed by atoms with Gasteiger partial charge in [-0.15, -0.1) is 0 Å². The Hall–Kier alpha value is -4.88. The summed E-state index contributed by atoms with van der Waals surface area (Å²) < 4.78 is 15.5. The van der Waals surface area contributed by atoms with Crippen molar-refractivity contribution in [2.45, 2.75) is 25.4 Å². The van der Waals surface area contributed by atoms with Crippen LogP contribution in [0.25, 0.3) is 39.5 Å². The maximum absolute atomic E-state index is 13.5. The van der Waals surface area contributed by atoms with Crippen LogP contribution < -0.4 is 11.1 Å². The van der Waals surface area contributed by atoms with Gasteiger partial charge in [0, 0.05) is 49.3 Å². The fourth-order valence-corrected chi connectivity index (χ4v) is 5.03. The van der Waals surface area contributed by atoms with Crippen LogP contribution in [0.1, 0.15) is 18.4 Å². The molecule has 194 valence electrons. The van der Waals surface area contributed by atoms with Gasteiger partial charge in [0.2, 0.25) is 0 Å². The fraction of sp³-hybridized carbons (Fsp3) is 0.207. The van der Waals surface area contributed by atoms with Gasteiger partial charge in [0.15, 0.2) is 17.7 Å². The molecule has 0 aliphatic carbocycles. The lowest BCUT2D eigenvalue weighted by Gasteiger charge is -2.31. The number of fused-ring (bicyclic) bond motifs is 1. The molecule has 3 N–H and O–H groups in total. The number of nitriles is 1. The van der Waals surface area contributed by atoms with E-state index in [1.807, 2.05) is 22.8 Å². The lowest BCUT2D eigenvalue weighted by atomic mass is 10.0. The van der Waals surface area contributed by atoms with Crippen molar-refractivity contribution >= 4 is 17.0 Å². The Balaban J connectivity index is 1.37. The molecule has 4 aromatic heterocycles. The lowest BCUT2D eigenvalue weighted by Crippen LogP contribution is -2.40. The molecule has 9 nitrogen and oxygen atoms in total. The Labute approximate surface area is 224 Å². The van der Waals surface area contributed by atoms with E-state index in [0.29, 0.717) is 28.5 Å². The highest BCUT2D eigenvalue weighted by atomic mass is 19.1. The number of nitrogens with zero attached hydrogens (tertiary/aromatic N) is 7.